The summed E-state index contributed by atoms with van der Waals surface area (Å²) in [5.74, 6) is 0. The number of aromatic nitrogens is 2. The van der Waals surface area contributed by atoms with Gasteiger partial charge in [-0.15, -0.1) is 0 Å². The van der Waals surface area contributed by atoms with Crippen LogP contribution in [0.4, 0.5) is 0 Å². The standard InChI is InChI=1S/C15H18N4OS/c1-10-5-6-12(17-10)14-13(11-4-2-3-7-16-11)18-15(21)19(14)8-9-20/h2-7,13-14,17,20H,8-9H2,1H3,(H,18,21)/t13-,14+/m1/s1. The predicted molar refractivity (Wildman–Crippen MR) is 84.8 cm³/mol. The number of aliphatic hydroxyl groups excluding tert-OH is 1. The van der Waals surface area contributed by atoms with E-state index in [1.54, 1.807) is 6.20 Å². The second-order valence-electron chi connectivity index (χ2n) is 5.14. The maximum Gasteiger partial charge on any atom is 0.170 e. The molecule has 1 aliphatic rings. The molecule has 110 valence electrons. The first-order valence-electron chi connectivity index (χ1n) is 6.95. The van der Waals surface area contributed by atoms with E-state index in [-0.39, 0.29) is 18.7 Å². The minimum atomic E-state index is -0.0247. The van der Waals surface area contributed by atoms with Gasteiger partial charge in [0.2, 0.25) is 0 Å². The molecule has 2 aromatic rings. The van der Waals surface area contributed by atoms with E-state index in [0.29, 0.717) is 11.7 Å². The highest BCUT2D eigenvalue weighted by molar-refractivity contribution is 7.80. The highest BCUT2D eigenvalue weighted by Crippen LogP contribution is 2.37. The minimum absolute atomic E-state index is 0.00764. The molecule has 2 aromatic heterocycles. The SMILES string of the molecule is Cc1ccc([C@H]2[C@@H](c3ccccn3)NC(=S)N2CCO)[nH]1. The quantitative estimate of drug-likeness (QED) is 0.750. The molecule has 1 saturated heterocycles. The Labute approximate surface area is 129 Å². The summed E-state index contributed by atoms with van der Waals surface area (Å²) in [4.78, 5) is 9.84. The van der Waals surface area contributed by atoms with Crippen LogP contribution in [-0.2, 0) is 0 Å². The van der Waals surface area contributed by atoms with Gasteiger partial charge in [-0.05, 0) is 43.4 Å². The first-order chi connectivity index (χ1) is 10.2. The molecule has 3 heterocycles. The number of aliphatic hydroxyl groups is 1. The Hall–Kier alpha value is -1.92. The zero-order valence-corrected chi connectivity index (χ0v) is 12.6. The second-order valence-corrected chi connectivity index (χ2v) is 5.53. The van der Waals surface area contributed by atoms with E-state index in [1.807, 2.05) is 36.1 Å². The van der Waals surface area contributed by atoms with Crippen LogP contribution in [0.2, 0.25) is 0 Å². The third-order valence-corrected chi connectivity index (χ3v) is 4.06. The maximum absolute atomic E-state index is 9.32. The Morgan fingerprint density at radius 1 is 1.33 bits per heavy atom. The summed E-state index contributed by atoms with van der Waals surface area (Å²) in [6, 6.07) is 9.95. The number of nitrogens with one attached hydrogen (secondary N) is 2. The van der Waals surface area contributed by atoms with Crippen molar-refractivity contribution in [1.29, 1.82) is 0 Å². The largest absolute Gasteiger partial charge is 0.395 e. The van der Waals surface area contributed by atoms with Gasteiger partial charge in [-0.25, -0.2) is 0 Å². The highest BCUT2D eigenvalue weighted by Gasteiger charge is 2.39. The minimum Gasteiger partial charge on any atom is -0.395 e. The molecule has 1 fully saturated rings. The molecule has 1 aliphatic heterocycles. The molecule has 0 radical (unpaired) electrons. The Morgan fingerprint density at radius 2 is 2.19 bits per heavy atom. The predicted octanol–water partition coefficient (Wildman–Crippen LogP) is 1.68. The number of pyridine rings is 1. The zero-order valence-electron chi connectivity index (χ0n) is 11.8. The Kier molecular flexibility index (Phi) is 3.90. The monoisotopic (exact) mass is 302 g/mol. The molecule has 6 heteroatoms. The Bertz CT molecular complexity index is 628. The van der Waals surface area contributed by atoms with Crippen LogP contribution in [0.1, 0.15) is 29.2 Å². The van der Waals surface area contributed by atoms with Gasteiger partial charge in [-0.2, -0.15) is 0 Å². The van der Waals surface area contributed by atoms with Crippen molar-refractivity contribution >= 4 is 17.3 Å². The first kappa shape index (κ1) is 14.0. The molecule has 0 aromatic carbocycles. The van der Waals surface area contributed by atoms with Crippen molar-refractivity contribution in [3.63, 3.8) is 0 Å². The van der Waals surface area contributed by atoms with Crippen LogP contribution < -0.4 is 5.32 Å². The Balaban J connectivity index is 2.00. The van der Waals surface area contributed by atoms with Crippen LogP contribution in [-0.4, -0.2) is 38.2 Å². The van der Waals surface area contributed by atoms with Crippen LogP contribution in [0, 0.1) is 6.92 Å². The highest BCUT2D eigenvalue weighted by atomic mass is 32.1. The summed E-state index contributed by atoms with van der Waals surface area (Å²) < 4.78 is 0. The van der Waals surface area contributed by atoms with Crippen molar-refractivity contribution in [3.8, 4) is 0 Å². The van der Waals surface area contributed by atoms with E-state index in [4.69, 9.17) is 12.2 Å². The van der Waals surface area contributed by atoms with Gasteiger partial charge < -0.3 is 20.3 Å². The summed E-state index contributed by atoms with van der Waals surface area (Å²) in [6.07, 6.45) is 1.78. The fourth-order valence-corrected chi connectivity index (χ4v) is 3.12. The summed E-state index contributed by atoms with van der Waals surface area (Å²) >= 11 is 5.43. The number of aryl methyl sites for hydroxylation is 1. The van der Waals surface area contributed by atoms with Crippen molar-refractivity contribution in [2.24, 2.45) is 0 Å². The lowest BCUT2D eigenvalue weighted by Gasteiger charge is -2.26. The third kappa shape index (κ3) is 2.64. The van der Waals surface area contributed by atoms with E-state index in [0.717, 1.165) is 17.1 Å². The topological polar surface area (TPSA) is 64.2 Å². The smallest absolute Gasteiger partial charge is 0.170 e. The van der Waals surface area contributed by atoms with E-state index in [9.17, 15) is 5.11 Å². The number of hydrogen-bond donors (Lipinski definition) is 3. The van der Waals surface area contributed by atoms with Crippen LogP contribution in [0.25, 0.3) is 0 Å². The summed E-state index contributed by atoms with van der Waals surface area (Å²) in [6.45, 7) is 2.58. The molecule has 3 N–H and O–H groups in total. The number of H-pyrrole nitrogens is 1. The molecular formula is C15H18N4OS. The number of thiocarbonyl (C=S) groups is 1. The molecule has 0 aliphatic carbocycles. The van der Waals surface area contributed by atoms with Crippen molar-refractivity contribution in [3.05, 3.63) is 53.6 Å². The first-order valence-corrected chi connectivity index (χ1v) is 7.36. The summed E-state index contributed by atoms with van der Waals surface area (Å²) in [5, 5.41) is 13.3. The van der Waals surface area contributed by atoms with Gasteiger partial charge in [0, 0.05) is 24.1 Å². The molecule has 0 unspecified atom stereocenters. The van der Waals surface area contributed by atoms with E-state index < -0.39 is 0 Å². The zero-order chi connectivity index (χ0) is 14.8. The van der Waals surface area contributed by atoms with Gasteiger partial charge in [-0.1, -0.05) is 6.07 Å². The average Bonchev–Trinajstić information content (AvgIpc) is 3.05. The molecule has 0 bridgehead atoms. The van der Waals surface area contributed by atoms with Crippen molar-refractivity contribution in [2.75, 3.05) is 13.2 Å². The Morgan fingerprint density at radius 3 is 2.81 bits per heavy atom. The van der Waals surface area contributed by atoms with Crippen LogP contribution in [0.5, 0.6) is 0 Å². The molecule has 0 amide bonds. The number of β-amino-alcohol motifs (C(OH)–C–C–N with tert-alkyl or cyclic N) is 1. The number of aromatic amines is 1. The third-order valence-electron chi connectivity index (χ3n) is 3.71. The van der Waals surface area contributed by atoms with E-state index in [1.165, 1.54) is 0 Å². The normalized spacial score (nSPS) is 21.6. The fraction of sp³-hybridized carbons (Fsp3) is 0.333. The molecule has 3 rings (SSSR count). The summed E-state index contributed by atoms with van der Waals surface area (Å²) in [5.41, 5.74) is 3.12. The van der Waals surface area contributed by atoms with Gasteiger partial charge in [0.25, 0.3) is 0 Å². The van der Waals surface area contributed by atoms with Crippen molar-refractivity contribution < 1.29 is 5.11 Å². The molecule has 2 atom stereocenters. The lowest BCUT2D eigenvalue weighted by molar-refractivity contribution is 0.221. The maximum atomic E-state index is 9.32. The fourth-order valence-electron chi connectivity index (χ4n) is 2.79. The van der Waals surface area contributed by atoms with Gasteiger partial charge in [0.15, 0.2) is 5.11 Å². The molecule has 0 spiro atoms. The van der Waals surface area contributed by atoms with Gasteiger partial charge in [0.05, 0.1) is 24.4 Å². The lowest BCUT2D eigenvalue weighted by Crippen LogP contribution is -2.32. The average molecular weight is 302 g/mol. The number of nitrogens with zero attached hydrogens (tertiary/aromatic N) is 2. The van der Waals surface area contributed by atoms with Gasteiger partial charge >= 0.3 is 0 Å². The molecule has 21 heavy (non-hydrogen) atoms. The number of rotatable bonds is 4. The van der Waals surface area contributed by atoms with E-state index in [2.05, 4.69) is 21.4 Å². The van der Waals surface area contributed by atoms with Crippen LogP contribution >= 0.6 is 12.2 Å². The summed E-state index contributed by atoms with van der Waals surface area (Å²) in [7, 11) is 0. The molecule has 5 nitrogen and oxygen atoms in total. The molecule has 0 saturated carbocycles. The van der Waals surface area contributed by atoms with Crippen molar-refractivity contribution in [1.82, 2.24) is 20.2 Å². The van der Waals surface area contributed by atoms with Gasteiger partial charge in [0.1, 0.15) is 0 Å². The van der Waals surface area contributed by atoms with Crippen LogP contribution in [0.3, 0.4) is 0 Å². The van der Waals surface area contributed by atoms with Gasteiger partial charge in [-0.3, -0.25) is 4.98 Å². The molecular weight excluding hydrogens is 284 g/mol. The lowest BCUT2D eigenvalue weighted by atomic mass is 10.0. The number of hydrogen-bond acceptors (Lipinski definition) is 3. The second kappa shape index (κ2) is 5.83. The van der Waals surface area contributed by atoms with E-state index >= 15 is 0 Å². The van der Waals surface area contributed by atoms with Crippen LogP contribution in [0.15, 0.2) is 36.5 Å². The van der Waals surface area contributed by atoms with Crippen molar-refractivity contribution in [2.45, 2.75) is 19.0 Å².